The van der Waals surface area contributed by atoms with Gasteiger partial charge in [0.1, 0.15) is 0 Å². The van der Waals surface area contributed by atoms with Crippen molar-refractivity contribution < 1.29 is 13.2 Å². The predicted octanol–water partition coefficient (Wildman–Crippen LogP) is 4.85. The average Bonchev–Trinajstić information content (AvgIpc) is 2.72. The Morgan fingerprint density at radius 2 is 1.29 bits per heavy atom. The van der Waals surface area contributed by atoms with E-state index in [0.717, 1.165) is 11.1 Å². The molecule has 4 nitrogen and oxygen atoms in total. The molecule has 138 valence electrons. The number of ketones is 1. The van der Waals surface area contributed by atoms with Crippen LogP contribution in [0.3, 0.4) is 0 Å². The van der Waals surface area contributed by atoms with E-state index in [2.05, 4.69) is 4.40 Å². The van der Waals surface area contributed by atoms with Crippen LogP contribution in [0.2, 0.25) is 0 Å². The van der Waals surface area contributed by atoms with E-state index in [9.17, 15) is 13.2 Å². The van der Waals surface area contributed by atoms with Crippen LogP contribution in [0, 0.1) is 0 Å². The second kappa shape index (κ2) is 7.19. The number of benzene rings is 3. The zero-order valence-corrected chi connectivity index (χ0v) is 16.1. The van der Waals surface area contributed by atoms with Gasteiger partial charge in [0.2, 0.25) is 5.78 Å². The van der Waals surface area contributed by atoms with Crippen LogP contribution in [0.15, 0.2) is 99.3 Å². The molecule has 3 aromatic rings. The van der Waals surface area contributed by atoms with Gasteiger partial charge in [-0.25, -0.2) is 0 Å². The Morgan fingerprint density at radius 3 is 1.96 bits per heavy atom. The highest BCUT2D eigenvalue weighted by atomic mass is 35.5. The first-order valence-electron chi connectivity index (χ1n) is 8.47. The van der Waals surface area contributed by atoms with Crippen LogP contribution < -0.4 is 0 Å². The van der Waals surface area contributed by atoms with E-state index in [-0.39, 0.29) is 21.4 Å². The monoisotopic (exact) mass is 407 g/mol. The van der Waals surface area contributed by atoms with E-state index in [1.165, 1.54) is 18.2 Å². The third-order valence-electron chi connectivity index (χ3n) is 4.41. The van der Waals surface area contributed by atoms with Gasteiger partial charge >= 0.3 is 0 Å². The molecule has 0 aromatic heterocycles. The summed E-state index contributed by atoms with van der Waals surface area (Å²) in [5.41, 5.74) is 2.83. The van der Waals surface area contributed by atoms with E-state index in [0.29, 0.717) is 11.1 Å². The van der Waals surface area contributed by atoms with Gasteiger partial charge in [0, 0.05) is 11.1 Å². The first kappa shape index (κ1) is 18.3. The molecule has 0 saturated heterocycles. The standard InChI is InChI=1S/C22H14ClNO3S/c23-20-14-21(18-8-4-5-9-19(18)22(20)25)24-28(26,27)17-12-10-16(11-13-17)15-6-2-1-3-7-15/h1-14H. The number of fused-ring (bicyclic) bond motifs is 1. The van der Waals surface area contributed by atoms with Gasteiger partial charge < -0.3 is 0 Å². The summed E-state index contributed by atoms with van der Waals surface area (Å²) in [6.07, 6.45) is 1.29. The first-order valence-corrected chi connectivity index (χ1v) is 10.3. The lowest BCUT2D eigenvalue weighted by atomic mass is 9.94. The highest BCUT2D eigenvalue weighted by molar-refractivity contribution is 7.90. The minimum Gasteiger partial charge on any atom is -0.288 e. The summed E-state index contributed by atoms with van der Waals surface area (Å²) in [4.78, 5) is 12.2. The van der Waals surface area contributed by atoms with Crippen molar-refractivity contribution in [3.63, 3.8) is 0 Å². The number of nitrogens with zero attached hydrogens (tertiary/aromatic N) is 1. The van der Waals surface area contributed by atoms with Crippen LogP contribution in [-0.2, 0) is 10.0 Å². The predicted molar refractivity (Wildman–Crippen MR) is 110 cm³/mol. The van der Waals surface area contributed by atoms with Crippen molar-refractivity contribution in [3.05, 3.63) is 101 Å². The van der Waals surface area contributed by atoms with Crippen molar-refractivity contribution in [2.45, 2.75) is 4.90 Å². The number of sulfonamides is 1. The topological polar surface area (TPSA) is 63.6 Å². The molecule has 0 atom stereocenters. The van der Waals surface area contributed by atoms with E-state index < -0.39 is 10.0 Å². The summed E-state index contributed by atoms with van der Waals surface area (Å²) in [6, 6.07) is 22.9. The van der Waals surface area contributed by atoms with Gasteiger partial charge in [-0.05, 0) is 29.3 Å². The molecular weight excluding hydrogens is 394 g/mol. The third kappa shape index (κ3) is 3.42. The van der Waals surface area contributed by atoms with Crippen LogP contribution in [0.25, 0.3) is 11.1 Å². The molecular formula is C22H14ClNO3S. The van der Waals surface area contributed by atoms with Gasteiger partial charge in [0.15, 0.2) is 0 Å². The van der Waals surface area contributed by atoms with Crippen LogP contribution in [0.1, 0.15) is 15.9 Å². The number of Topliss-reactive ketones (excluding diaryl/α,β-unsaturated/α-hetero) is 1. The summed E-state index contributed by atoms with van der Waals surface area (Å²) in [5.74, 6) is -0.346. The fraction of sp³-hybridized carbons (Fsp3) is 0. The van der Waals surface area contributed by atoms with Gasteiger partial charge in [0.25, 0.3) is 10.0 Å². The molecule has 6 heteroatoms. The molecule has 1 aliphatic rings. The fourth-order valence-corrected chi connectivity index (χ4v) is 4.20. The summed E-state index contributed by atoms with van der Waals surface area (Å²) < 4.78 is 29.5. The molecule has 0 heterocycles. The van der Waals surface area contributed by atoms with Crippen LogP contribution in [-0.4, -0.2) is 19.9 Å². The molecule has 0 spiro atoms. The number of hydrogen-bond donors (Lipinski definition) is 0. The fourth-order valence-electron chi connectivity index (χ4n) is 3.00. The average molecular weight is 408 g/mol. The quantitative estimate of drug-likeness (QED) is 0.623. The van der Waals surface area contributed by atoms with Crippen molar-refractivity contribution in [3.8, 4) is 11.1 Å². The lowest BCUT2D eigenvalue weighted by molar-refractivity contribution is 0.104. The summed E-state index contributed by atoms with van der Waals surface area (Å²) in [7, 11) is -3.97. The maximum absolute atomic E-state index is 12.8. The van der Waals surface area contributed by atoms with Gasteiger partial charge in [-0.2, -0.15) is 12.8 Å². The van der Waals surface area contributed by atoms with Crippen molar-refractivity contribution in [2.24, 2.45) is 4.40 Å². The normalized spacial score (nSPS) is 15.2. The van der Waals surface area contributed by atoms with E-state index in [1.54, 1.807) is 36.4 Å². The SMILES string of the molecule is O=C1C(Cl)=CC(=NS(=O)(=O)c2ccc(-c3ccccc3)cc2)c2ccccc21. The largest absolute Gasteiger partial charge is 0.288 e. The van der Waals surface area contributed by atoms with Crippen molar-refractivity contribution in [1.82, 2.24) is 0 Å². The molecule has 28 heavy (non-hydrogen) atoms. The van der Waals surface area contributed by atoms with Crippen molar-refractivity contribution in [2.75, 3.05) is 0 Å². The van der Waals surface area contributed by atoms with Crippen molar-refractivity contribution >= 4 is 33.1 Å². The first-order chi connectivity index (χ1) is 13.5. The minimum absolute atomic E-state index is 0.0629. The Bertz CT molecular complexity index is 1230. The molecule has 0 fully saturated rings. The molecule has 0 aliphatic heterocycles. The smallest absolute Gasteiger partial charge is 0.282 e. The number of allylic oxidation sites excluding steroid dienone is 2. The lowest BCUT2D eigenvalue weighted by Gasteiger charge is -2.14. The summed E-state index contributed by atoms with van der Waals surface area (Å²) in [5, 5.41) is -0.0629. The zero-order valence-electron chi connectivity index (χ0n) is 14.5. The molecule has 3 aromatic carbocycles. The molecule has 0 N–H and O–H groups in total. The van der Waals surface area contributed by atoms with Gasteiger partial charge in [-0.15, -0.1) is 0 Å². The second-order valence-electron chi connectivity index (χ2n) is 6.21. The Labute approximate surface area is 167 Å². The van der Waals surface area contributed by atoms with Crippen molar-refractivity contribution in [1.29, 1.82) is 0 Å². The maximum atomic E-state index is 12.8. The number of carbonyl (C=O) groups excluding carboxylic acids is 1. The number of halogens is 1. The van der Waals surface area contributed by atoms with Gasteiger partial charge in [-0.1, -0.05) is 78.3 Å². The van der Waals surface area contributed by atoms with Crippen LogP contribution in [0.4, 0.5) is 0 Å². The molecule has 0 bridgehead atoms. The van der Waals surface area contributed by atoms with E-state index in [1.807, 2.05) is 30.3 Å². The number of rotatable bonds is 3. The highest BCUT2D eigenvalue weighted by Crippen LogP contribution is 2.26. The molecule has 0 unspecified atom stereocenters. The molecule has 0 radical (unpaired) electrons. The third-order valence-corrected chi connectivity index (χ3v) is 5.99. The molecule has 0 amide bonds. The molecule has 0 saturated carbocycles. The van der Waals surface area contributed by atoms with E-state index >= 15 is 0 Å². The van der Waals surface area contributed by atoms with Gasteiger partial charge in [0.05, 0.1) is 15.6 Å². The van der Waals surface area contributed by atoms with E-state index in [4.69, 9.17) is 11.6 Å². The zero-order chi connectivity index (χ0) is 19.7. The Morgan fingerprint density at radius 1 is 0.714 bits per heavy atom. The lowest BCUT2D eigenvalue weighted by Crippen LogP contribution is -2.16. The van der Waals surface area contributed by atoms with Crippen LogP contribution >= 0.6 is 11.6 Å². The Balaban J connectivity index is 1.74. The molecule has 1 aliphatic carbocycles. The molecule has 4 rings (SSSR count). The second-order valence-corrected chi connectivity index (χ2v) is 8.22. The Hall–Kier alpha value is -3.02. The summed E-state index contributed by atoms with van der Waals surface area (Å²) in [6.45, 7) is 0. The maximum Gasteiger partial charge on any atom is 0.282 e. The number of carbonyl (C=O) groups is 1. The van der Waals surface area contributed by atoms with Crippen LogP contribution in [0.5, 0.6) is 0 Å². The highest BCUT2D eigenvalue weighted by Gasteiger charge is 2.25. The number of hydrogen-bond acceptors (Lipinski definition) is 3. The minimum atomic E-state index is -3.97. The Kier molecular flexibility index (Phi) is 4.71. The summed E-state index contributed by atoms with van der Waals surface area (Å²) >= 11 is 5.99. The van der Waals surface area contributed by atoms with Gasteiger partial charge in [-0.3, -0.25) is 4.79 Å².